The number of halogens is 2. The van der Waals surface area contributed by atoms with Crippen molar-refractivity contribution in [2.45, 2.75) is 5.41 Å². The molecule has 58 heavy (non-hydrogen) atoms. The zero-order chi connectivity index (χ0) is 38.5. The van der Waals surface area contributed by atoms with Crippen molar-refractivity contribution < 1.29 is 0 Å². The van der Waals surface area contributed by atoms with E-state index in [0.29, 0.717) is 5.82 Å². The SMILES string of the molecule is Clc1nc(Cl)nc(-c2ccc3c4c2-c2ccccc2-n2c5ccccc5c5ccc(c-4c52)C3(c2ccc(-c3ccccc3)cc2)c2ccc(-c3ccccc3)cc2)n1. The number of fused-ring (bicyclic) bond motifs is 6. The van der Waals surface area contributed by atoms with E-state index in [4.69, 9.17) is 23.2 Å². The monoisotopic (exact) mass is 780 g/mol. The summed E-state index contributed by atoms with van der Waals surface area (Å²) in [5.41, 5.74) is 17.5. The van der Waals surface area contributed by atoms with E-state index in [0.717, 1.165) is 33.5 Å². The Morgan fingerprint density at radius 1 is 0.397 bits per heavy atom. The molecule has 6 heteroatoms. The number of nitrogens with zero attached hydrogens (tertiary/aromatic N) is 4. The van der Waals surface area contributed by atoms with Gasteiger partial charge < -0.3 is 4.57 Å². The van der Waals surface area contributed by atoms with E-state index in [1.54, 1.807) is 0 Å². The minimum atomic E-state index is -0.696. The number of benzene rings is 8. The lowest BCUT2D eigenvalue weighted by molar-refractivity contribution is 0.769. The number of hydrogen-bond acceptors (Lipinski definition) is 3. The molecule has 0 atom stereocenters. The summed E-state index contributed by atoms with van der Waals surface area (Å²) >= 11 is 13.0. The van der Waals surface area contributed by atoms with E-state index in [9.17, 15) is 0 Å². The van der Waals surface area contributed by atoms with Gasteiger partial charge in [-0.15, -0.1) is 0 Å². The van der Waals surface area contributed by atoms with Crippen LogP contribution in [0.1, 0.15) is 22.3 Å². The summed E-state index contributed by atoms with van der Waals surface area (Å²) < 4.78 is 2.47. The Hall–Kier alpha value is -6.85. The van der Waals surface area contributed by atoms with Crippen LogP contribution in [0.3, 0.4) is 0 Å². The Kier molecular flexibility index (Phi) is 7.22. The van der Waals surface area contributed by atoms with Gasteiger partial charge in [-0.25, -0.2) is 0 Å². The third kappa shape index (κ3) is 4.61. The Morgan fingerprint density at radius 3 is 1.59 bits per heavy atom. The van der Waals surface area contributed by atoms with Crippen LogP contribution in [0.25, 0.3) is 83.4 Å². The maximum Gasteiger partial charge on any atom is 0.227 e. The summed E-state index contributed by atoms with van der Waals surface area (Å²) in [5, 5.41) is 2.52. The van der Waals surface area contributed by atoms with Crippen LogP contribution in [-0.4, -0.2) is 19.5 Å². The van der Waals surface area contributed by atoms with Gasteiger partial charge in [-0.05, 0) is 85.4 Å². The Morgan fingerprint density at radius 2 is 0.931 bits per heavy atom. The molecule has 0 bridgehead atoms. The Labute approximate surface area is 344 Å². The van der Waals surface area contributed by atoms with Crippen LogP contribution in [0.2, 0.25) is 10.6 Å². The van der Waals surface area contributed by atoms with Gasteiger partial charge in [0.05, 0.1) is 22.1 Å². The first-order valence-electron chi connectivity index (χ1n) is 19.3. The summed E-state index contributed by atoms with van der Waals surface area (Å²) in [5.74, 6) is 0.430. The fraction of sp³-hybridized carbons (Fsp3) is 0.0192. The standard InChI is InChI=1S/C52H30Cl2N4/c53-50-55-49(56-51(54)57-50)40-28-30-41-46-45(40)39-16-8-10-18-44(39)58-43-17-9-7-15-37(43)38-27-29-42(47(46)48(38)58)52(41,35-23-19-33(20-24-35)31-11-3-1-4-12-31)36-25-21-34(22-26-36)32-13-5-2-6-14-32/h1-30H. The number of hydrogen-bond donors (Lipinski definition) is 0. The molecule has 0 unspecified atom stereocenters. The maximum atomic E-state index is 6.51. The topological polar surface area (TPSA) is 43.6 Å². The van der Waals surface area contributed by atoms with Crippen molar-refractivity contribution in [1.29, 1.82) is 0 Å². The molecule has 3 heterocycles. The molecule has 12 rings (SSSR count). The van der Waals surface area contributed by atoms with E-state index < -0.39 is 5.41 Å². The summed E-state index contributed by atoms with van der Waals surface area (Å²) in [6.45, 7) is 0. The van der Waals surface area contributed by atoms with Crippen LogP contribution in [0.4, 0.5) is 0 Å². The van der Waals surface area contributed by atoms with Gasteiger partial charge in [-0.3, -0.25) is 0 Å². The quantitative estimate of drug-likeness (QED) is 0.175. The minimum Gasteiger partial charge on any atom is -0.308 e. The fourth-order valence-electron chi connectivity index (χ4n) is 9.86. The van der Waals surface area contributed by atoms with Gasteiger partial charge in [0.15, 0.2) is 5.82 Å². The normalized spacial score (nSPS) is 13.1. The predicted octanol–water partition coefficient (Wildman–Crippen LogP) is 13.6. The molecule has 2 aromatic heterocycles. The first-order chi connectivity index (χ1) is 28.6. The van der Waals surface area contributed by atoms with Crippen LogP contribution in [0.5, 0.6) is 0 Å². The van der Waals surface area contributed by atoms with Gasteiger partial charge >= 0.3 is 0 Å². The summed E-state index contributed by atoms with van der Waals surface area (Å²) in [6.07, 6.45) is 0. The van der Waals surface area contributed by atoms with Crippen molar-refractivity contribution in [3.63, 3.8) is 0 Å². The highest BCUT2D eigenvalue weighted by molar-refractivity contribution is 6.31. The van der Waals surface area contributed by atoms with Crippen molar-refractivity contribution in [2.24, 2.45) is 0 Å². The third-order valence-electron chi connectivity index (χ3n) is 12.2. The van der Waals surface area contributed by atoms with Crippen molar-refractivity contribution in [1.82, 2.24) is 19.5 Å². The molecule has 0 N–H and O–H groups in total. The van der Waals surface area contributed by atoms with Crippen molar-refractivity contribution >= 4 is 45.0 Å². The van der Waals surface area contributed by atoms with Gasteiger partial charge in [0, 0.05) is 33.0 Å². The number of aromatic nitrogens is 4. The van der Waals surface area contributed by atoms with Gasteiger partial charge in [0.25, 0.3) is 0 Å². The Bertz CT molecular complexity index is 3180. The van der Waals surface area contributed by atoms with Gasteiger partial charge in [0.2, 0.25) is 10.6 Å². The molecular formula is C52H30Cl2N4. The number of para-hydroxylation sites is 2. The van der Waals surface area contributed by atoms with Crippen molar-refractivity contribution in [2.75, 3.05) is 0 Å². The highest BCUT2D eigenvalue weighted by Crippen LogP contribution is 2.63. The molecule has 0 fully saturated rings. The maximum absolute atomic E-state index is 6.51. The molecule has 8 aromatic carbocycles. The van der Waals surface area contributed by atoms with E-state index in [-0.39, 0.29) is 10.6 Å². The smallest absolute Gasteiger partial charge is 0.227 e. The molecule has 0 radical (unpaired) electrons. The predicted molar refractivity (Wildman–Crippen MR) is 237 cm³/mol. The second-order valence-corrected chi connectivity index (χ2v) is 15.7. The lowest BCUT2D eigenvalue weighted by atomic mass is 9.67. The zero-order valence-corrected chi connectivity index (χ0v) is 32.4. The molecule has 0 saturated carbocycles. The van der Waals surface area contributed by atoms with E-state index >= 15 is 0 Å². The first kappa shape index (κ1) is 33.3. The zero-order valence-electron chi connectivity index (χ0n) is 30.9. The first-order valence-corrected chi connectivity index (χ1v) is 20.1. The molecule has 4 nitrogen and oxygen atoms in total. The second-order valence-electron chi connectivity index (χ2n) is 15.0. The molecule has 0 saturated heterocycles. The lowest BCUT2D eigenvalue weighted by Gasteiger charge is -2.34. The van der Waals surface area contributed by atoms with E-state index in [1.165, 1.54) is 66.4 Å². The van der Waals surface area contributed by atoms with Gasteiger partial charge in [-0.2, -0.15) is 15.0 Å². The van der Waals surface area contributed by atoms with E-state index in [2.05, 4.69) is 202 Å². The second kappa shape index (κ2) is 12.6. The summed E-state index contributed by atoms with van der Waals surface area (Å²) in [6, 6.07) is 66.1. The molecule has 10 aromatic rings. The molecule has 1 aliphatic carbocycles. The van der Waals surface area contributed by atoms with Crippen molar-refractivity contribution in [3.8, 4) is 61.6 Å². The average molecular weight is 782 g/mol. The van der Waals surface area contributed by atoms with Crippen LogP contribution in [0, 0.1) is 0 Å². The minimum absolute atomic E-state index is 0.0519. The highest BCUT2D eigenvalue weighted by Gasteiger charge is 2.49. The summed E-state index contributed by atoms with van der Waals surface area (Å²) in [4.78, 5) is 13.5. The fourth-order valence-corrected chi connectivity index (χ4v) is 10.2. The third-order valence-corrected chi connectivity index (χ3v) is 12.5. The molecule has 0 amide bonds. The Balaban J connectivity index is 1.26. The largest absolute Gasteiger partial charge is 0.308 e. The molecule has 1 aliphatic heterocycles. The molecule has 272 valence electrons. The molecule has 0 spiro atoms. The van der Waals surface area contributed by atoms with Crippen molar-refractivity contribution in [3.05, 3.63) is 215 Å². The van der Waals surface area contributed by atoms with Gasteiger partial charge in [-0.1, -0.05) is 170 Å². The van der Waals surface area contributed by atoms with Gasteiger partial charge in [0.1, 0.15) is 0 Å². The molecule has 2 aliphatic rings. The number of rotatable bonds is 5. The lowest BCUT2D eigenvalue weighted by Crippen LogP contribution is -2.28. The van der Waals surface area contributed by atoms with Crippen LogP contribution >= 0.6 is 23.2 Å². The highest BCUT2D eigenvalue weighted by atomic mass is 35.5. The summed E-state index contributed by atoms with van der Waals surface area (Å²) in [7, 11) is 0. The van der Waals surface area contributed by atoms with Crippen LogP contribution in [0.15, 0.2) is 182 Å². The molecular weight excluding hydrogens is 752 g/mol. The van der Waals surface area contributed by atoms with Crippen LogP contribution < -0.4 is 0 Å². The average Bonchev–Trinajstić information content (AvgIpc) is 3.72. The van der Waals surface area contributed by atoms with Crippen LogP contribution in [-0.2, 0) is 5.41 Å². The van der Waals surface area contributed by atoms with E-state index in [1.807, 2.05) is 0 Å².